The van der Waals surface area contributed by atoms with Crippen molar-refractivity contribution in [1.29, 1.82) is 0 Å². The number of anilines is 1. The van der Waals surface area contributed by atoms with Crippen molar-refractivity contribution in [3.8, 4) is 0 Å². The van der Waals surface area contributed by atoms with E-state index in [1.54, 1.807) is 6.33 Å². The molecule has 0 bridgehead atoms. The summed E-state index contributed by atoms with van der Waals surface area (Å²) in [6.07, 6.45) is -1.64. The number of nitrogens with zero attached hydrogens (tertiary/aromatic N) is 4. The molecule has 32 heavy (non-hydrogen) atoms. The molecule has 1 aromatic heterocycles. The van der Waals surface area contributed by atoms with Gasteiger partial charge in [0.05, 0.1) is 0 Å². The third-order valence-corrected chi connectivity index (χ3v) is 5.38. The molecule has 1 fully saturated rings. The fourth-order valence-corrected chi connectivity index (χ4v) is 3.64. The van der Waals surface area contributed by atoms with E-state index in [0.717, 1.165) is 38.5 Å². The van der Waals surface area contributed by atoms with Crippen LogP contribution in [0.5, 0.6) is 0 Å². The number of carboxylic acid groups (broad SMARTS) is 1. The number of fused-ring (bicyclic) bond motifs is 1. The minimum absolute atomic E-state index is 0.537. The molecule has 0 saturated carbocycles. The van der Waals surface area contributed by atoms with Gasteiger partial charge in [-0.2, -0.15) is 13.2 Å². The molecule has 0 radical (unpaired) electrons. The second-order valence-corrected chi connectivity index (χ2v) is 7.67. The average molecular weight is 446 g/mol. The zero-order valence-electron chi connectivity index (χ0n) is 17.7. The Morgan fingerprint density at radius 1 is 1.06 bits per heavy atom. The van der Waals surface area contributed by atoms with E-state index >= 15 is 0 Å². The lowest BCUT2D eigenvalue weighted by Gasteiger charge is -2.36. The molecular formula is C23H25F3N4O2. The van der Waals surface area contributed by atoms with Crippen LogP contribution in [0.25, 0.3) is 10.8 Å². The topological polar surface area (TPSA) is 69.6 Å². The standard InChI is InChI=1S/C21H24N4.C2HF3O2/c1-17(19-7-6-18-4-2-3-5-20(18)14-19)15-24-10-12-25(13-11-24)21-8-9-22-16-23-21;3-2(4,5)1(6)7/h2-9,14,16-17H,10-13,15H2,1H3;(H,6,7). The maximum Gasteiger partial charge on any atom is 0.490 e. The van der Waals surface area contributed by atoms with Gasteiger partial charge in [-0.05, 0) is 28.3 Å². The Hall–Kier alpha value is -3.20. The minimum Gasteiger partial charge on any atom is -0.475 e. The van der Waals surface area contributed by atoms with Gasteiger partial charge in [0.1, 0.15) is 12.1 Å². The van der Waals surface area contributed by atoms with E-state index in [-0.39, 0.29) is 0 Å². The zero-order chi connectivity index (χ0) is 23.1. The Morgan fingerprint density at radius 2 is 1.72 bits per heavy atom. The largest absolute Gasteiger partial charge is 0.490 e. The molecule has 1 unspecified atom stereocenters. The lowest BCUT2D eigenvalue weighted by Crippen LogP contribution is -2.47. The molecule has 0 amide bonds. The van der Waals surface area contributed by atoms with Crippen molar-refractivity contribution in [2.45, 2.75) is 19.0 Å². The van der Waals surface area contributed by atoms with Gasteiger partial charge in [0, 0.05) is 38.9 Å². The van der Waals surface area contributed by atoms with Gasteiger partial charge in [0.15, 0.2) is 0 Å². The average Bonchev–Trinajstić information content (AvgIpc) is 2.79. The highest BCUT2D eigenvalue weighted by atomic mass is 19.4. The highest BCUT2D eigenvalue weighted by Gasteiger charge is 2.38. The molecule has 0 aliphatic carbocycles. The molecule has 2 heterocycles. The molecule has 170 valence electrons. The molecule has 2 aromatic carbocycles. The Labute approximate surface area is 184 Å². The van der Waals surface area contributed by atoms with Crippen molar-refractivity contribution in [2.24, 2.45) is 0 Å². The Kier molecular flexibility index (Phi) is 7.63. The quantitative estimate of drug-likeness (QED) is 0.648. The normalized spacial score (nSPS) is 15.7. The van der Waals surface area contributed by atoms with E-state index in [0.29, 0.717) is 5.92 Å². The summed E-state index contributed by atoms with van der Waals surface area (Å²) in [4.78, 5) is 22.2. The molecule has 1 saturated heterocycles. The van der Waals surface area contributed by atoms with Crippen LogP contribution >= 0.6 is 0 Å². The molecular weight excluding hydrogens is 421 g/mol. The molecule has 1 aliphatic heterocycles. The highest BCUT2D eigenvalue weighted by Crippen LogP contribution is 2.23. The second-order valence-electron chi connectivity index (χ2n) is 7.67. The van der Waals surface area contributed by atoms with Crippen molar-refractivity contribution in [1.82, 2.24) is 14.9 Å². The van der Waals surface area contributed by atoms with E-state index in [9.17, 15) is 13.2 Å². The fourth-order valence-electron chi connectivity index (χ4n) is 3.64. The van der Waals surface area contributed by atoms with Crippen molar-refractivity contribution >= 4 is 22.6 Å². The van der Waals surface area contributed by atoms with Gasteiger partial charge in [-0.15, -0.1) is 0 Å². The van der Waals surface area contributed by atoms with Crippen LogP contribution in [-0.4, -0.2) is 64.8 Å². The van der Waals surface area contributed by atoms with Crippen LogP contribution in [0.3, 0.4) is 0 Å². The zero-order valence-corrected chi connectivity index (χ0v) is 17.7. The maximum atomic E-state index is 10.6. The smallest absolute Gasteiger partial charge is 0.475 e. The molecule has 4 rings (SSSR count). The van der Waals surface area contributed by atoms with Crippen LogP contribution in [-0.2, 0) is 4.79 Å². The van der Waals surface area contributed by atoms with Gasteiger partial charge in [-0.3, -0.25) is 4.90 Å². The van der Waals surface area contributed by atoms with Crippen molar-refractivity contribution in [3.63, 3.8) is 0 Å². The number of carbonyl (C=O) groups is 1. The van der Waals surface area contributed by atoms with Crippen molar-refractivity contribution in [3.05, 3.63) is 66.6 Å². The van der Waals surface area contributed by atoms with E-state index in [2.05, 4.69) is 69.2 Å². The molecule has 0 spiro atoms. The first kappa shape index (κ1) is 23.5. The van der Waals surface area contributed by atoms with Crippen LogP contribution in [0.2, 0.25) is 0 Å². The third kappa shape index (κ3) is 6.40. The minimum atomic E-state index is -5.08. The predicted octanol–water partition coefficient (Wildman–Crippen LogP) is 4.19. The number of halogens is 3. The number of piperazine rings is 1. The molecule has 3 aromatic rings. The molecule has 1 atom stereocenters. The number of benzene rings is 2. The van der Waals surface area contributed by atoms with Crippen molar-refractivity contribution < 1.29 is 23.1 Å². The van der Waals surface area contributed by atoms with Crippen LogP contribution in [0.15, 0.2) is 61.1 Å². The summed E-state index contributed by atoms with van der Waals surface area (Å²) in [6.45, 7) is 7.67. The fraction of sp³-hybridized carbons (Fsp3) is 0.348. The summed E-state index contributed by atoms with van der Waals surface area (Å²) >= 11 is 0. The van der Waals surface area contributed by atoms with Crippen LogP contribution in [0, 0.1) is 0 Å². The van der Waals surface area contributed by atoms with E-state index in [1.165, 1.54) is 16.3 Å². The molecule has 6 nitrogen and oxygen atoms in total. The number of aliphatic carboxylic acids is 1. The first-order chi connectivity index (χ1) is 15.2. The van der Waals surface area contributed by atoms with Crippen LogP contribution in [0.1, 0.15) is 18.4 Å². The van der Waals surface area contributed by atoms with Gasteiger partial charge in [0.25, 0.3) is 0 Å². The lowest BCUT2D eigenvalue weighted by molar-refractivity contribution is -0.192. The molecule has 9 heteroatoms. The van der Waals surface area contributed by atoms with Crippen LogP contribution < -0.4 is 4.90 Å². The van der Waals surface area contributed by atoms with Gasteiger partial charge in [-0.25, -0.2) is 14.8 Å². The first-order valence-electron chi connectivity index (χ1n) is 10.3. The van der Waals surface area contributed by atoms with Gasteiger partial charge in [-0.1, -0.05) is 49.4 Å². The molecule has 1 N–H and O–H groups in total. The third-order valence-electron chi connectivity index (χ3n) is 5.38. The number of carboxylic acids is 1. The van der Waals surface area contributed by atoms with E-state index in [1.807, 2.05) is 12.3 Å². The SMILES string of the molecule is CC(CN1CCN(c2ccncn2)CC1)c1ccc2ccccc2c1.O=C(O)C(F)(F)F. The van der Waals surface area contributed by atoms with E-state index < -0.39 is 12.1 Å². The summed E-state index contributed by atoms with van der Waals surface area (Å²) < 4.78 is 31.7. The Bertz CT molecular complexity index is 1020. The number of aromatic nitrogens is 2. The highest BCUT2D eigenvalue weighted by molar-refractivity contribution is 5.83. The van der Waals surface area contributed by atoms with Gasteiger partial charge >= 0.3 is 12.1 Å². The Morgan fingerprint density at radius 3 is 2.31 bits per heavy atom. The number of hydrogen-bond donors (Lipinski definition) is 1. The maximum absolute atomic E-state index is 10.6. The van der Waals surface area contributed by atoms with E-state index in [4.69, 9.17) is 9.90 Å². The monoisotopic (exact) mass is 446 g/mol. The second kappa shape index (κ2) is 10.4. The first-order valence-corrected chi connectivity index (χ1v) is 10.3. The summed E-state index contributed by atoms with van der Waals surface area (Å²) in [5.74, 6) is -1.18. The lowest BCUT2D eigenvalue weighted by atomic mass is 9.97. The summed E-state index contributed by atoms with van der Waals surface area (Å²) in [5.41, 5.74) is 1.43. The van der Waals surface area contributed by atoms with Gasteiger partial charge < -0.3 is 10.0 Å². The summed E-state index contributed by atoms with van der Waals surface area (Å²) in [7, 11) is 0. The summed E-state index contributed by atoms with van der Waals surface area (Å²) in [5, 5.41) is 9.78. The summed E-state index contributed by atoms with van der Waals surface area (Å²) in [6, 6.07) is 17.5. The number of rotatable bonds is 4. The van der Waals surface area contributed by atoms with Gasteiger partial charge in [0.2, 0.25) is 0 Å². The molecule has 1 aliphatic rings. The number of alkyl halides is 3. The number of hydrogen-bond acceptors (Lipinski definition) is 5. The van der Waals surface area contributed by atoms with Crippen molar-refractivity contribution in [2.75, 3.05) is 37.6 Å². The Balaban J connectivity index is 0.000000360. The predicted molar refractivity (Wildman–Crippen MR) is 117 cm³/mol. The van der Waals surface area contributed by atoms with Crippen LogP contribution in [0.4, 0.5) is 19.0 Å².